The fraction of sp³-hybridized carbons (Fsp3) is 0.667. The Morgan fingerprint density at radius 2 is 1.82 bits per heavy atom. The smallest absolute Gasteiger partial charge is 0.0570 e. The van der Waals surface area contributed by atoms with E-state index < -0.39 is 0 Å². The third kappa shape index (κ3) is 4.12. The molecule has 1 aromatic rings. The van der Waals surface area contributed by atoms with Crippen LogP contribution < -0.4 is 5.32 Å². The molecule has 0 saturated heterocycles. The van der Waals surface area contributed by atoms with Gasteiger partial charge in [-0.25, -0.2) is 0 Å². The molecule has 1 aliphatic carbocycles. The van der Waals surface area contributed by atoms with E-state index in [0.717, 1.165) is 5.69 Å². The number of nitrogens with one attached hydrogen (secondary N) is 1. The zero-order valence-electron chi connectivity index (χ0n) is 10.9. The molecule has 94 valence electrons. The van der Waals surface area contributed by atoms with Gasteiger partial charge >= 0.3 is 0 Å². The summed E-state index contributed by atoms with van der Waals surface area (Å²) < 4.78 is 0. The minimum Gasteiger partial charge on any atom is -0.306 e. The standard InChI is InChI=1S/C15H24N2/c1-13(15-11-7-8-12-16-15)17-14-9-5-3-2-4-6-10-14/h7-8,11-14,17H,2-6,9-10H2,1H3. The van der Waals surface area contributed by atoms with Gasteiger partial charge in [0.1, 0.15) is 0 Å². The molecule has 0 aliphatic heterocycles. The maximum atomic E-state index is 4.42. The largest absolute Gasteiger partial charge is 0.306 e. The molecular formula is C15H24N2. The highest BCUT2D eigenvalue weighted by atomic mass is 15.0. The van der Waals surface area contributed by atoms with Crippen LogP contribution in [0.3, 0.4) is 0 Å². The van der Waals surface area contributed by atoms with E-state index in [2.05, 4.69) is 29.4 Å². The van der Waals surface area contributed by atoms with Crippen LogP contribution >= 0.6 is 0 Å². The van der Waals surface area contributed by atoms with Crippen molar-refractivity contribution >= 4 is 0 Å². The Kier molecular flexibility index (Phi) is 4.99. The fourth-order valence-corrected chi connectivity index (χ4v) is 2.69. The van der Waals surface area contributed by atoms with Crippen molar-refractivity contribution in [3.63, 3.8) is 0 Å². The highest BCUT2D eigenvalue weighted by molar-refractivity contribution is 5.07. The van der Waals surface area contributed by atoms with E-state index in [1.54, 1.807) is 0 Å². The minimum atomic E-state index is 0.376. The van der Waals surface area contributed by atoms with Gasteiger partial charge in [-0.15, -0.1) is 0 Å². The van der Waals surface area contributed by atoms with Gasteiger partial charge < -0.3 is 5.32 Å². The Balaban J connectivity index is 1.86. The molecule has 0 aromatic carbocycles. The zero-order chi connectivity index (χ0) is 11.9. The van der Waals surface area contributed by atoms with E-state index in [4.69, 9.17) is 0 Å². The Labute approximate surface area is 105 Å². The number of aromatic nitrogens is 1. The van der Waals surface area contributed by atoms with Gasteiger partial charge in [0.2, 0.25) is 0 Å². The van der Waals surface area contributed by atoms with Crippen LogP contribution in [0.15, 0.2) is 24.4 Å². The first-order valence-corrected chi connectivity index (χ1v) is 7.03. The fourth-order valence-electron chi connectivity index (χ4n) is 2.69. The van der Waals surface area contributed by atoms with Crippen LogP contribution in [0.25, 0.3) is 0 Å². The van der Waals surface area contributed by atoms with Gasteiger partial charge in [0.15, 0.2) is 0 Å². The van der Waals surface area contributed by atoms with Crippen molar-refractivity contribution in [1.82, 2.24) is 10.3 Å². The molecule has 2 rings (SSSR count). The SMILES string of the molecule is CC(NC1CCCCCCC1)c1ccccn1. The number of hydrogen-bond donors (Lipinski definition) is 1. The van der Waals surface area contributed by atoms with E-state index in [0.29, 0.717) is 12.1 Å². The molecule has 1 N–H and O–H groups in total. The van der Waals surface area contributed by atoms with Crippen molar-refractivity contribution in [3.05, 3.63) is 30.1 Å². The van der Waals surface area contributed by atoms with E-state index in [1.807, 2.05) is 12.3 Å². The number of hydrogen-bond acceptors (Lipinski definition) is 2. The maximum absolute atomic E-state index is 4.42. The van der Waals surface area contributed by atoms with Crippen LogP contribution in [-0.2, 0) is 0 Å². The molecule has 2 heteroatoms. The van der Waals surface area contributed by atoms with Gasteiger partial charge in [0.25, 0.3) is 0 Å². The van der Waals surface area contributed by atoms with E-state index >= 15 is 0 Å². The molecular weight excluding hydrogens is 208 g/mol. The van der Waals surface area contributed by atoms with E-state index in [9.17, 15) is 0 Å². The van der Waals surface area contributed by atoms with Crippen LogP contribution in [0.1, 0.15) is 63.6 Å². The van der Waals surface area contributed by atoms with Crippen LogP contribution in [-0.4, -0.2) is 11.0 Å². The summed E-state index contributed by atoms with van der Waals surface area (Å²) in [7, 11) is 0. The summed E-state index contributed by atoms with van der Waals surface area (Å²) in [6.45, 7) is 2.22. The average Bonchev–Trinajstić information content (AvgIpc) is 2.33. The van der Waals surface area contributed by atoms with Crippen molar-refractivity contribution in [2.75, 3.05) is 0 Å². The first-order chi connectivity index (χ1) is 8.36. The van der Waals surface area contributed by atoms with Crippen molar-refractivity contribution < 1.29 is 0 Å². The predicted molar refractivity (Wildman–Crippen MR) is 71.9 cm³/mol. The molecule has 0 radical (unpaired) electrons. The van der Waals surface area contributed by atoms with Gasteiger partial charge in [-0.1, -0.05) is 38.2 Å². The van der Waals surface area contributed by atoms with Crippen LogP contribution in [0.4, 0.5) is 0 Å². The summed E-state index contributed by atoms with van der Waals surface area (Å²) in [6.07, 6.45) is 11.6. The highest BCUT2D eigenvalue weighted by Gasteiger charge is 2.15. The predicted octanol–water partition coefficient (Wildman–Crippen LogP) is 3.85. The van der Waals surface area contributed by atoms with Crippen LogP contribution in [0.5, 0.6) is 0 Å². The summed E-state index contributed by atoms with van der Waals surface area (Å²) in [5.41, 5.74) is 1.16. The number of pyridine rings is 1. The third-order valence-electron chi connectivity index (χ3n) is 3.72. The van der Waals surface area contributed by atoms with Gasteiger partial charge in [-0.05, 0) is 31.9 Å². The lowest BCUT2D eigenvalue weighted by molar-refractivity contribution is 0.360. The first-order valence-electron chi connectivity index (χ1n) is 7.03. The number of rotatable bonds is 3. The Hall–Kier alpha value is -0.890. The topological polar surface area (TPSA) is 24.9 Å². The average molecular weight is 232 g/mol. The monoisotopic (exact) mass is 232 g/mol. The third-order valence-corrected chi connectivity index (χ3v) is 3.72. The molecule has 0 spiro atoms. The van der Waals surface area contributed by atoms with Crippen LogP contribution in [0, 0.1) is 0 Å². The maximum Gasteiger partial charge on any atom is 0.0570 e. The van der Waals surface area contributed by atoms with Crippen molar-refractivity contribution in [2.24, 2.45) is 0 Å². The normalized spacial score (nSPS) is 20.5. The molecule has 1 saturated carbocycles. The van der Waals surface area contributed by atoms with Gasteiger partial charge in [0, 0.05) is 18.3 Å². The van der Waals surface area contributed by atoms with Crippen molar-refractivity contribution in [2.45, 2.75) is 64.0 Å². The summed E-state index contributed by atoms with van der Waals surface area (Å²) >= 11 is 0. The van der Waals surface area contributed by atoms with Crippen molar-refractivity contribution in [1.29, 1.82) is 0 Å². The summed E-state index contributed by atoms with van der Waals surface area (Å²) in [4.78, 5) is 4.42. The van der Waals surface area contributed by atoms with E-state index in [1.165, 1.54) is 44.9 Å². The molecule has 17 heavy (non-hydrogen) atoms. The van der Waals surface area contributed by atoms with E-state index in [-0.39, 0.29) is 0 Å². The highest BCUT2D eigenvalue weighted by Crippen LogP contribution is 2.19. The lowest BCUT2D eigenvalue weighted by Gasteiger charge is -2.24. The second-order valence-electron chi connectivity index (χ2n) is 5.18. The molecule has 0 bridgehead atoms. The second-order valence-corrected chi connectivity index (χ2v) is 5.18. The molecule has 1 atom stereocenters. The van der Waals surface area contributed by atoms with Crippen LogP contribution in [0.2, 0.25) is 0 Å². The summed E-state index contributed by atoms with van der Waals surface area (Å²) in [6, 6.07) is 7.22. The Morgan fingerprint density at radius 3 is 2.47 bits per heavy atom. The molecule has 2 nitrogen and oxygen atoms in total. The quantitative estimate of drug-likeness (QED) is 0.856. The number of nitrogens with zero attached hydrogens (tertiary/aromatic N) is 1. The molecule has 1 unspecified atom stereocenters. The molecule has 1 aliphatic rings. The summed E-state index contributed by atoms with van der Waals surface area (Å²) in [5, 5.41) is 3.74. The Bertz CT molecular complexity index is 302. The lowest BCUT2D eigenvalue weighted by Crippen LogP contribution is -2.32. The zero-order valence-corrected chi connectivity index (χ0v) is 10.9. The lowest BCUT2D eigenvalue weighted by atomic mass is 9.96. The van der Waals surface area contributed by atoms with Gasteiger partial charge in [-0.2, -0.15) is 0 Å². The molecule has 1 aromatic heterocycles. The minimum absolute atomic E-state index is 0.376. The first kappa shape index (κ1) is 12.6. The molecule has 1 fully saturated rings. The molecule has 0 amide bonds. The van der Waals surface area contributed by atoms with Gasteiger partial charge in [0.05, 0.1) is 5.69 Å². The summed E-state index contributed by atoms with van der Waals surface area (Å²) in [5.74, 6) is 0. The van der Waals surface area contributed by atoms with Gasteiger partial charge in [-0.3, -0.25) is 4.98 Å². The molecule has 1 heterocycles. The Morgan fingerprint density at radius 1 is 1.12 bits per heavy atom. The second kappa shape index (κ2) is 6.75. The van der Waals surface area contributed by atoms with Crippen molar-refractivity contribution in [3.8, 4) is 0 Å².